The van der Waals surface area contributed by atoms with Crippen LogP contribution in [0.25, 0.3) is 0 Å². The van der Waals surface area contributed by atoms with Crippen LogP contribution in [0.15, 0.2) is 72.8 Å². The molecule has 0 aromatic heterocycles. The van der Waals surface area contributed by atoms with Gasteiger partial charge in [-0.25, -0.2) is 0 Å². The number of rotatable bonds is 11. The van der Waals surface area contributed by atoms with Crippen LogP contribution in [-0.4, -0.2) is 34.6 Å². The van der Waals surface area contributed by atoms with Crippen molar-refractivity contribution in [3.63, 3.8) is 0 Å². The zero-order chi connectivity index (χ0) is 26.1. The number of amides is 2. The van der Waals surface area contributed by atoms with Gasteiger partial charge in [0.1, 0.15) is 6.04 Å². The molecule has 0 heterocycles. The number of benzene rings is 3. The van der Waals surface area contributed by atoms with Crippen molar-refractivity contribution in [3.05, 3.63) is 105 Å². The molecule has 0 radical (unpaired) electrons. The molecule has 0 aliphatic rings. The van der Waals surface area contributed by atoms with Crippen molar-refractivity contribution in [2.45, 2.75) is 44.6 Å². The van der Waals surface area contributed by atoms with Crippen LogP contribution >= 0.6 is 46.6 Å². The second kappa shape index (κ2) is 13.9. The molecular formula is C28H29Cl3N2O2S. The van der Waals surface area contributed by atoms with Gasteiger partial charge in [0.15, 0.2) is 0 Å². The van der Waals surface area contributed by atoms with E-state index in [1.807, 2.05) is 68.4 Å². The Kier molecular flexibility index (Phi) is 11.0. The summed E-state index contributed by atoms with van der Waals surface area (Å²) < 4.78 is 0. The summed E-state index contributed by atoms with van der Waals surface area (Å²) in [4.78, 5) is 28.7. The number of hydrogen-bond acceptors (Lipinski definition) is 3. The molecule has 8 heteroatoms. The molecule has 4 nitrogen and oxygen atoms in total. The highest BCUT2D eigenvalue weighted by Crippen LogP contribution is 2.28. The van der Waals surface area contributed by atoms with Crippen LogP contribution in [0.3, 0.4) is 0 Å². The van der Waals surface area contributed by atoms with Crippen molar-refractivity contribution in [2.24, 2.45) is 0 Å². The number of carbonyl (C=O) groups excluding carboxylic acids is 2. The molecule has 0 unspecified atom stereocenters. The first kappa shape index (κ1) is 28.4. The second-order valence-electron chi connectivity index (χ2n) is 8.71. The lowest BCUT2D eigenvalue weighted by atomic mass is 10.0. The van der Waals surface area contributed by atoms with Crippen LogP contribution in [0.5, 0.6) is 0 Å². The Labute approximate surface area is 232 Å². The minimum atomic E-state index is -0.731. The van der Waals surface area contributed by atoms with Crippen LogP contribution in [0.4, 0.5) is 0 Å². The summed E-state index contributed by atoms with van der Waals surface area (Å²) in [5.41, 5.74) is 2.64. The predicted octanol–water partition coefficient (Wildman–Crippen LogP) is 7.04. The Bertz CT molecular complexity index is 1140. The van der Waals surface area contributed by atoms with Crippen molar-refractivity contribution < 1.29 is 9.59 Å². The maximum atomic E-state index is 13.7. The summed E-state index contributed by atoms with van der Waals surface area (Å²) in [6, 6.07) is 21.6. The highest BCUT2D eigenvalue weighted by atomic mass is 35.5. The van der Waals surface area contributed by atoms with E-state index >= 15 is 0 Å². The van der Waals surface area contributed by atoms with E-state index in [4.69, 9.17) is 34.8 Å². The number of nitrogens with one attached hydrogen (secondary N) is 1. The Morgan fingerprint density at radius 1 is 0.861 bits per heavy atom. The maximum Gasteiger partial charge on any atom is 0.243 e. The molecule has 1 atom stereocenters. The van der Waals surface area contributed by atoms with Crippen LogP contribution in [-0.2, 0) is 28.3 Å². The molecule has 0 aliphatic heterocycles. The monoisotopic (exact) mass is 562 g/mol. The molecule has 3 aromatic rings. The van der Waals surface area contributed by atoms with Gasteiger partial charge in [-0.05, 0) is 49.2 Å². The van der Waals surface area contributed by atoms with E-state index < -0.39 is 6.04 Å². The molecule has 0 bridgehead atoms. The van der Waals surface area contributed by atoms with E-state index in [0.29, 0.717) is 32.8 Å². The Hall–Kier alpha value is -2.18. The zero-order valence-corrected chi connectivity index (χ0v) is 23.3. The van der Waals surface area contributed by atoms with E-state index in [1.165, 1.54) is 11.8 Å². The van der Waals surface area contributed by atoms with Crippen molar-refractivity contribution in [3.8, 4) is 0 Å². The van der Waals surface area contributed by atoms with Gasteiger partial charge in [-0.15, -0.1) is 11.8 Å². The van der Waals surface area contributed by atoms with Crippen LogP contribution < -0.4 is 5.32 Å². The molecule has 0 saturated carbocycles. The normalized spacial score (nSPS) is 11.8. The van der Waals surface area contributed by atoms with E-state index in [9.17, 15) is 9.59 Å². The summed E-state index contributed by atoms with van der Waals surface area (Å²) in [6.07, 6.45) is 0.370. The van der Waals surface area contributed by atoms with Crippen molar-refractivity contribution in [2.75, 3.05) is 5.75 Å². The third-order valence-corrected chi connectivity index (χ3v) is 7.45. The largest absolute Gasteiger partial charge is 0.352 e. The van der Waals surface area contributed by atoms with Crippen molar-refractivity contribution in [1.82, 2.24) is 10.2 Å². The number of thioether (sulfide) groups is 1. The average molecular weight is 564 g/mol. The van der Waals surface area contributed by atoms with Gasteiger partial charge >= 0.3 is 0 Å². The molecule has 3 aromatic carbocycles. The van der Waals surface area contributed by atoms with E-state index in [0.717, 1.165) is 11.1 Å². The highest BCUT2D eigenvalue weighted by molar-refractivity contribution is 7.99. The molecule has 0 spiro atoms. The minimum absolute atomic E-state index is 0.0732. The van der Waals surface area contributed by atoms with E-state index in [1.54, 1.807) is 23.1 Å². The quantitative estimate of drug-likeness (QED) is 0.272. The molecule has 36 heavy (non-hydrogen) atoms. The van der Waals surface area contributed by atoms with Crippen LogP contribution in [0.1, 0.15) is 30.5 Å². The Balaban J connectivity index is 1.89. The highest BCUT2D eigenvalue weighted by Gasteiger charge is 2.31. The van der Waals surface area contributed by atoms with Crippen LogP contribution in [0.2, 0.25) is 15.1 Å². The molecule has 3 rings (SSSR count). The number of carbonyl (C=O) groups is 2. The topological polar surface area (TPSA) is 49.4 Å². The number of halogens is 3. The van der Waals surface area contributed by atoms with Crippen LogP contribution in [0, 0.1) is 0 Å². The fraction of sp³-hybridized carbons (Fsp3) is 0.286. The summed E-state index contributed by atoms with van der Waals surface area (Å²) in [6.45, 7) is 3.93. The lowest BCUT2D eigenvalue weighted by molar-refractivity contribution is -0.139. The molecule has 1 N–H and O–H groups in total. The number of nitrogens with zero attached hydrogens (tertiary/aromatic N) is 1. The first-order valence-corrected chi connectivity index (χ1v) is 13.9. The average Bonchev–Trinajstić information content (AvgIpc) is 2.84. The SMILES string of the molecule is CC(C)NC(=O)[C@@H](Cc1ccccc1)N(Cc1c(Cl)cccc1Cl)C(=O)CSCc1ccc(Cl)cc1. The van der Waals surface area contributed by atoms with Crippen molar-refractivity contribution in [1.29, 1.82) is 0 Å². The third-order valence-electron chi connectivity index (χ3n) is 5.50. The standard InChI is InChI=1S/C28H29Cl3N2O2S/c1-19(2)32-28(35)26(15-20-7-4-3-5-8-20)33(16-23-24(30)9-6-10-25(23)31)27(34)18-36-17-21-11-13-22(29)14-12-21/h3-14,19,26H,15-18H2,1-2H3,(H,32,35)/t26-/m1/s1. The summed E-state index contributed by atoms with van der Waals surface area (Å²) in [7, 11) is 0. The lowest BCUT2D eigenvalue weighted by Gasteiger charge is -2.32. The van der Waals surface area contributed by atoms with Gasteiger partial charge in [0, 0.05) is 45.4 Å². The molecule has 0 aliphatic carbocycles. The van der Waals surface area contributed by atoms with Gasteiger partial charge in [0.2, 0.25) is 11.8 Å². The van der Waals surface area contributed by atoms with Crippen molar-refractivity contribution >= 4 is 58.4 Å². The number of hydrogen-bond donors (Lipinski definition) is 1. The van der Waals surface area contributed by atoms with Gasteiger partial charge < -0.3 is 10.2 Å². The molecule has 190 valence electrons. The third kappa shape index (κ3) is 8.45. The Morgan fingerprint density at radius 3 is 2.11 bits per heavy atom. The second-order valence-corrected chi connectivity index (χ2v) is 10.9. The van der Waals surface area contributed by atoms with Gasteiger partial charge in [-0.3, -0.25) is 9.59 Å². The lowest BCUT2D eigenvalue weighted by Crippen LogP contribution is -2.52. The first-order chi connectivity index (χ1) is 17.2. The molecule has 2 amide bonds. The van der Waals surface area contributed by atoms with Gasteiger partial charge in [-0.2, -0.15) is 0 Å². The molecule has 0 fully saturated rings. The first-order valence-electron chi connectivity index (χ1n) is 11.6. The fourth-order valence-corrected chi connectivity index (χ4v) is 5.22. The summed E-state index contributed by atoms with van der Waals surface area (Å²) in [5, 5.41) is 4.56. The maximum absolute atomic E-state index is 13.7. The molecule has 0 saturated heterocycles. The predicted molar refractivity (Wildman–Crippen MR) is 152 cm³/mol. The van der Waals surface area contributed by atoms with E-state index in [-0.39, 0.29) is 30.2 Å². The molecular weight excluding hydrogens is 535 g/mol. The summed E-state index contributed by atoms with van der Waals surface area (Å²) >= 11 is 20.4. The Morgan fingerprint density at radius 2 is 1.50 bits per heavy atom. The van der Waals surface area contributed by atoms with Gasteiger partial charge in [0.05, 0.1) is 5.75 Å². The van der Waals surface area contributed by atoms with Gasteiger partial charge in [0.25, 0.3) is 0 Å². The fourth-order valence-electron chi connectivity index (χ4n) is 3.71. The van der Waals surface area contributed by atoms with Gasteiger partial charge in [-0.1, -0.05) is 83.3 Å². The smallest absolute Gasteiger partial charge is 0.243 e. The van der Waals surface area contributed by atoms with E-state index in [2.05, 4.69) is 5.32 Å². The zero-order valence-electron chi connectivity index (χ0n) is 20.2. The minimum Gasteiger partial charge on any atom is -0.352 e. The summed E-state index contributed by atoms with van der Waals surface area (Å²) in [5.74, 6) is 0.466.